The van der Waals surface area contributed by atoms with Crippen molar-refractivity contribution < 1.29 is 69.5 Å². The molecule has 6 heteroatoms. The first kappa shape index (κ1) is 28.7. The average Bonchev–Trinajstić information content (AvgIpc) is 2.52. The van der Waals surface area contributed by atoms with Crippen molar-refractivity contribution in [1.82, 2.24) is 0 Å². The maximum absolute atomic E-state index is 11.4. The van der Waals surface area contributed by atoms with Crippen LogP contribution in [0.2, 0.25) is 0 Å². The number of aliphatic hydroxyl groups is 1. The molecule has 0 aliphatic rings. The molecule has 4 nitrogen and oxygen atoms in total. The van der Waals surface area contributed by atoms with Crippen molar-refractivity contribution in [2.45, 2.75) is 122 Å². The standard InChI is InChI=1S/C19H40O4S.K/c1-3-5-7-8-9-10-11-12-13-15-19(24(21,22)23)17-16-18(20)14-6-4-2;/h18-20H,3-17H2,1-2H3,(H,21,22,23);/q;+1/p-1. The first-order valence-electron chi connectivity index (χ1n) is 10.0. The van der Waals surface area contributed by atoms with Crippen LogP contribution in [-0.4, -0.2) is 29.4 Å². The summed E-state index contributed by atoms with van der Waals surface area (Å²) < 4.78 is 34.2. The van der Waals surface area contributed by atoms with E-state index in [9.17, 15) is 18.1 Å². The third-order valence-electron chi connectivity index (χ3n) is 4.75. The van der Waals surface area contributed by atoms with E-state index >= 15 is 0 Å². The van der Waals surface area contributed by atoms with Crippen LogP contribution >= 0.6 is 0 Å². The zero-order chi connectivity index (χ0) is 18.3. The van der Waals surface area contributed by atoms with Gasteiger partial charge in [0.1, 0.15) is 0 Å². The molecule has 0 bridgehead atoms. The molecule has 0 heterocycles. The molecule has 0 aromatic rings. The number of aliphatic hydroxyl groups excluding tert-OH is 1. The third-order valence-corrected chi connectivity index (χ3v) is 6.04. The molecule has 0 aromatic carbocycles. The second kappa shape index (κ2) is 18.9. The largest absolute Gasteiger partial charge is 1.00 e. The Labute approximate surface area is 199 Å². The van der Waals surface area contributed by atoms with Gasteiger partial charge < -0.3 is 9.66 Å². The molecule has 0 rings (SSSR count). The summed E-state index contributed by atoms with van der Waals surface area (Å²) >= 11 is 0. The van der Waals surface area contributed by atoms with Crippen LogP contribution in [0.4, 0.5) is 0 Å². The molecule has 0 aliphatic carbocycles. The maximum atomic E-state index is 11.4. The van der Waals surface area contributed by atoms with Crippen molar-refractivity contribution >= 4 is 10.1 Å². The monoisotopic (exact) mass is 402 g/mol. The van der Waals surface area contributed by atoms with Gasteiger partial charge in [0.2, 0.25) is 0 Å². The van der Waals surface area contributed by atoms with Gasteiger partial charge in [0.05, 0.1) is 16.2 Å². The summed E-state index contributed by atoms with van der Waals surface area (Å²) in [5.74, 6) is 0. The molecule has 2 atom stereocenters. The molecule has 0 saturated carbocycles. The second-order valence-corrected chi connectivity index (χ2v) is 8.76. The predicted octanol–water partition coefficient (Wildman–Crippen LogP) is 2.16. The van der Waals surface area contributed by atoms with Crippen LogP contribution < -0.4 is 51.4 Å². The van der Waals surface area contributed by atoms with Gasteiger partial charge in [0, 0.05) is 5.25 Å². The van der Waals surface area contributed by atoms with E-state index in [1.165, 1.54) is 38.5 Å². The zero-order valence-electron chi connectivity index (χ0n) is 16.8. The Morgan fingerprint density at radius 3 is 1.68 bits per heavy atom. The Morgan fingerprint density at radius 2 is 1.20 bits per heavy atom. The van der Waals surface area contributed by atoms with Crippen molar-refractivity contribution in [3.8, 4) is 0 Å². The van der Waals surface area contributed by atoms with E-state index in [-0.39, 0.29) is 51.4 Å². The van der Waals surface area contributed by atoms with Gasteiger partial charge in [-0.3, -0.25) is 0 Å². The van der Waals surface area contributed by atoms with Gasteiger partial charge in [-0.05, 0) is 25.7 Å². The van der Waals surface area contributed by atoms with E-state index in [1.54, 1.807) is 0 Å². The van der Waals surface area contributed by atoms with Gasteiger partial charge >= 0.3 is 51.4 Å². The fourth-order valence-electron chi connectivity index (χ4n) is 3.08. The van der Waals surface area contributed by atoms with Crippen molar-refractivity contribution in [3.05, 3.63) is 0 Å². The normalized spacial score (nSPS) is 14.1. The van der Waals surface area contributed by atoms with Crippen molar-refractivity contribution in [2.75, 3.05) is 0 Å². The minimum atomic E-state index is -4.25. The molecular formula is C19H39KO4S. The van der Waals surface area contributed by atoms with E-state index in [0.717, 1.165) is 32.1 Å². The van der Waals surface area contributed by atoms with Gasteiger partial charge in [-0.2, -0.15) is 0 Å². The van der Waals surface area contributed by atoms with Crippen molar-refractivity contribution in [1.29, 1.82) is 0 Å². The Balaban J connectivity index is 0. The SMILES string of the molecule is CCCCCCCCCCCC(CCC(O)CCCC)S(=O)(=O)[O-].[K+]. The maximum Gasteiger partial charge on any atom is 1.00 e. The molecule has 0 saturated heterocycles. The minimum absolute atomic E-state index is 0. The van der Waals surface area contributed by atoms with E-state index in [4.69, 9.17) is 0 Å². The van der Waals surface area contributed by atoms with E-state index in [2.05, 4.69) is 13.8 Å². The molecule has 0 radical (unpaired) electrons. The molecule has 0 amide bonds. The van der Waals surface area contributed by atoms with Crippen LogP contribution in [-0.2, 0) is 10.1 Å². The summed E-state index contributed by atoms with van der Waals surface area (Å²) in [6, 6.07) is 0. The van der Waals surface area contributed by atoms with Gasteiger partial charge in [-0.1, -0.05) is 84.5 Å². The summed E-state index contributed by atoms with van der Waals surface area (Å²) in [6.07, 6.45) is 13.9. The Morgan fingerprint density at radius 1 is 0.720 bits per heavy atom. The third kappa shape index (κ3) is 18.6. The first-order chi connectivity index (χ1) is 11.4. The minimum Gasteiger partial charge on any atom is -0.748 e. The summed E-state index contributed by atoms with van der Waals surface area (Å²) in [6.45, 7) is 4.27. The molecule has 146 valence electrons. The van der Waals surface area contributed by atoms with Crippen LogP contribution in [0.1, 0.15) is 110 Å². The molecule has 25 heavy (non-hydrogen) atoms. The summed E-state index contributed by atoms with van der Waals surface area (Å²) in [5.41, 5.74) is 0. The van der Waals surface area contributed by atoms with E-state index in [1.807, 2.05) is 0 Å². The van der Waals surface area contributed by atoms with Crippen LogP contribution in [0.5, 0.6) is 0 Å². The fourth-order valence-corrected chi connectivity index (χ4v) is 3.96. The molecule has 0 aliphatic heterocycles. The number of unbranched alkanes of at least 4 members (excludes halogenated alkanes) is 9. The quantitative estimate of drug-likeness (QED) is 0.230. The molecular weight excluding hydrogens is 363 g/mol. The Hall–Kier alpha value is 1.51. The number of hydrogen-bond acceptors (Lipinski definition) is 4. The van der Waals surface area contributed by atoms with E-state index in [0.29, 0.717) is 25.7 Å². The van der Waals surface area contributed by atoms with Crippen molar-refractivity contribution in [3.63, 3.8) is 0 Å². The summed E-state index contributed by atoms with van der Waals surface area (Å²) in [5, 5.41) is 9.01. The van der Waals surface area contributed by atoms with Crippen LogP contribution in [0.15, 0.2) is 0 Å². The molecule has 1 N–H and O–H groups in total. The first-order valence-corrected chi connectivity index (χ1v) is 11.5. The van der Waals surface area contributed by atoms with Gasteiger partial charge in [-0.15, -0.1) is 0 Å². The Bertz CT molecular complexity index is 374. The molecule has 0 spiro atoms. The average molecular weight is 403 g/mol. The van der Waals surface area contributed by atoms with Crippen molar-refractivity contribution in [2.24, 2.45) is 0 Å². The fraction of sp³-hybridized carbons (Fsp3) is 1.00. The molecule has 0 fully saturated rings. The second-order valence-electron chi connectivity index (χ2n) is 7.11. The van der Waals surface area contributed by atoms with E-state index < -0.39 is 21.5 Å². The topological polar surface area (TPSA) is 77.4 Å². The zero-order valence-corrected chi connectivity index (χ0v) is 20.8. The van der Waals surface area contributed by atoms with Crippen LogP contribution in [0.25, 0.3) is 0 Å². The number of hydrogen-bond donors (Lipinski definition) is 1. The van der Waals surface area contributed by atoms with Gasteiger partial charge in [-0.25, -0.2) is 8.42 Å². The summed E-state index contributed by atoms with van der Waals surface area (Å²) in [7, 11) is -4.25. The predicted molar refractivity (Wildman–Crippen MR) is 100 cm³/mol. The Kier molecular flexibility index (Phi) is 21.7. The van der Waals surface area contributed by atoms with Crippen LogP contribution in [0.3, 0.4) is 0 Å². The smallest absolute Gasteiger partial charge is 0.748 e. The number of rotatable bonds is 17. The molecule has 0 aromatic heterocycles. The molecule has 2 unspecified atom stereocenters. The van der Waals surface area contributed by atoms with Crippen LogP contribution in [0, 0.1) is 0 Å². The van der Waals surface area contributed by atoms with Gasteiger partial charge in [0.25, 0.3) is 0 Å². The van der Waals surface area contributed by atoms with Gasteiger partial charge in [0.15, 0.2) is 0 Å². The summed E-state index contributed by atoms with van der Waals surface area (Å²) in [4.78, 5) is 0.